The summed E-state index contributed by atoms with van der Waals surface area (Å²) in [6.45, 7) is 11.1. The Kier molecular flexibility index (Phi) is 8.65. The van der Waals surface area contributed by atoms with E-state index in [0.717, 1.165) is 37.5 Å². The van der Waals surface area contributed by atoms with Gasteiger partial charge in [-0.3, -0.25) is 15.1 Å². The summed E-state index contributed by atoms with van der Waals surface area (Å²) in [5.74, 6) is 1.20. The van der Waals surface area contributed by atoms with Crippen LogP contribution in [0, 0.1) is 16.0 Å². The Balaban J connectivity index is 1.85. The minimum absolute atomic E-state index is 0.0839. The molecule has 2 rings (SSSR count). The molecule has 1 saturated heterocycles. The number of hydrogen-bond acceptors (Lipinski definition) is 5. The lowest BCUT2D eigenvalue weighted by Crippen LogP contribution is -2.47. The number of nitrogens with one attached hydrogen (secondary N) is 1. The molecule has 1 aliphatic rings. The van der Waals surface area contributed by atoms with Crippen molar-refractivity contribution >= 4 is 17.7 Å². The van der Waals surface area contributed by atoms with E-state index in [1.54, 1.807) is 24.1 Å². The fourth-order valence-corrected chi connectivity index (χ4v) is 3.59. The molecule has 1 aliphatic heterocycles. The van der Waals surface area contributed by atoms with Gasteiger partial charge >= 0.3 is 6.09 Å². The van der Waals surface area contributed by atoms with Gasteiger partial charge in [0.25, 0.3) is 5.69 Å². The number of hydrogen-bond donors (Lipinski definition) is 1. The molecule has 9 heteroatoms. The topological polar surface area (TPSA) is 100 Å². The molecule has 1 fully saturated rings. The minimum Gasteiger partial charge on any atom is -0.444 e. The van der Waals surface area contributed by atoms with Gasteiger partial charge < -0.3 is 19.9 Å². The first kappa shape index (κ1) is 24.4. The molecule has 0 unspecified atom stereocenters. The summed E-state index contributed by atoms with van der Waals surface area (Å²) in [5, 5.41) is 14.3. The maximum Gasteiger partial charge on any atom is 0.410 e. The van der Waals surface area contributed by atoms with Crippen LogP contribution in [0.1, 0.15) is 46.1 Å². The summed E-state index contributed by atoms with van der Waals surface area (Å²) >= 11 is 0. The highest BCUT2D eigenvalue weighted by atomic mass is 16.6. The molecule has 1 N–H and O–H groups in total. The van der Waals surface area contributed by atoms with Crippen molar-refractivity contribution in [2.45, 2.75) is 52.7 Å². The largest absolute Gasteiger partial charge is 0.444 e. The van der Waals surface area contributed by atoms with Crippen molar-refractivity contribution in [3.63, 3.8) is 0 Å². The Bertz CT molecular complexity index is 782. The van der Waals surface area contributed by atoms with E-state index in [4.69, 9.17) is 4.74 Å². The van der Waals surface area contributed by atoms with Gasteiger partial charge in [0.05, 0.1) is 4.92 Å². The Morgan fingerprint density at radius 1 is 1.35 bits per heavy atom. The van der Waals surface area contributed by atoms with Gasteiger partial charge in [0.2, 0.25) is 0 Å². The van der Waals surface area contributed by atoms with E-state index in [2.05, 4.69) is 15.2 Å². The number of guanidine groups is 1. The van der Waals surface area contributed by atoms with Crippen molar-refractivity contribution in [3.05, 3.63) is 39.9 Å². The Morgan fingerprint density at radius 3 is 2.58 bits per heavy atom. The number of rotatable bonds is 6. The SMILES string of the molecule is CCN(CC1CCN(C(=NC)NCc2cccc([N+](=O)[O-])c2)CC1)C(=O)OC(C)(C)C. The molecule has 31 heavy (non-hydrogen) atoms. The lowest BCUT2D eigenvalue weighted by atomic mass is 9.96. The molecule has 1 amide bonds. The molecule has 0 aliphatic carbocycles. The van der Waals surface area contributed by atoms with Crippen LogP contribution in [0.25, 0.3) is 0 Å². The van der Waals surface area contributed by atoms with E-state index in [1.165, 1.54) is 6.07 Å². The van der Waals surface area contributed by atoms with E-state index >= 15 is 0 Å². The van der Waals surface area contributed by atoms with Gasteiger partial charge in [-0.15, -0.1) is 0 Å². The number of amides is 1. The van der Waals surface area contributed by atoms with Crippen LogP contribution in [0.5, 0.6) is 0 Å². The first-order valence-electron chi connectivity index (χ1n) is 10.8. The predicted molar refractivity (Wildman–Crippen MR) is 121 cm³/mol. The zero-order chi connectivity index (χ0) is 23.0. The number of nitrogens with zero attached hydrogens (tertiary/aromatic N) is 4. The van der Waals surface area contributed by atoms with Gasteiger partial charge in [-0.25, -0.2) is 4.79 Å². The van der Waals surface area contributed by atoms with Gasteiger partial charge in [-0.1, -0.05) is 12.1 Å². The van der Waals surface area contributed by atoms with Crippen LogP contribution in [0.15, 0.2) is 29.3 Å². The van der Waals surface area contributed by atoms with Crippen molar-refractivity contribution in [3.8, 4) is 0 Å². The summed E-state index contributed by atoms with van der Waals surface area (Å²) in [6.07, 6.45) is 1.65. The van der Waals surface area contributed by atoms with Crippen LogP contribution in [0.2, 0.25) is 0 Å². The van der Waals surface area contributed by atoms with Crippen molar-refractivity contribution in [1.82, 2.24) is 15.1 Å². The first-order chi connectivity index (χ1) is 14.6. The van der Waals surface area contributed by atoms with Crippen LogP contribution in [-0.2, 0) is 11.3 Å². The quantitative estimate of drug-likeness (QED) is 0.318. The van der Waals surface area contributed by atoms with Crippen LogP contribution in [0.4, 0.5) is 10.5 Å². The third-order valence-corrected chi connectivity index (χ3v) is 5.21. The number of likely N-dealkylation sites (tertiary alicyclic amines) is 1. The van der Waals surface area contributed by atoms with Crippen LogP contribution >= 0.6 is 0 Å². The monoisotopic (exact) mass is 433 g/mol. The number of piperidine rings is 1. The number of aliphatic imine (C=N–C) groups is 1. The second kappa shape index (κ2) is 11.0. The lowest BCUT2D eigenvalue weighted by molar-refractivity contribution is -0.384. The Morgan fingerprint density at radius 2 is 2.03 bits per heavy atom. The standard InChI is InChI=1S/C22H35N5O4/c1-6-25(21(28)31-22(2,3)4)16-17-10-12-26(13-11-17)20(23-5)24-15-18-8-7-9-19(14-18)27(29)30/h7-9,14,17H,6,10-13,15-16H2,1-5H3,(H,23,24). The third-order valence-electron chi connectivity index (χ3n) is 5.21. The van der Waals surface area contributed by atoms with Crippen molar-refractivity contribution in [2.24, 2.45) is 10.9 Å². The first-order valence-corrected chi connectivity index (χ1v) is 10.8. The highest BCUT2D eigenvalue weighted by Gasteiger charge is 2.27. The fourth-order valence-electron chi connectivity index (χ4n) is 3.59. The molecular formula is C22H35N5O4. The summed E-state index contributed by atoms with van der Waals surface area (Å²) in [6, 6.07) is 6.60. The smallest absolute Gasteiger partial charge is 0.410 e. The van der Waals surface area contributed by atoms with E-state index in [0.29, 0.717) is 25.6 Å². The molecule has 0 atom stereocenters. The molecule has 0 aromatic heterocycles. The highest BCUT2D eigenvalue weighted by molar-refractivity contribution is 5.80. The molecular weight excluding hydrogens is 398 g/mol. The van der Waals surface area contributed by atoms with Crippen molar-refractivity contribution in [2.75, 3.05) is 33.2 Å². The molecule has 172 valence electrons. The lowest BCUT2D eigenvalue weighted by Gasteiger charge is -2.36. The van der Waals surface area contributed by atoms with Crippen LogP contribution in [-0.4, -0.2) is 65.6 Å². The van der Waals surface area contributed by atoms with E-state index in [9.17, 15) is 14.9 Å². The molecule has 0 radical (unpaired) electrons. The second-order valence-electron chi connectivity index (χ2n) is 8.78. The maximum absolute atomic E-state index is 12.4. The Hall–Kier alpha value is -2.84. The van der Waals surface area contributed by atoms with E-state index in [1.807, 2.05) is 33.8 Å². The average molecular weight is 434 g/mol. The normalized spacial score (nSPS) is 15.5. The second-order valence-corrected chi connectivity index (χ2v) is 8.78. The summed E-state index contributed by atoms with van der Waals surface area (Å²) in [7, 11) is 1.74. The fraction of sp³-hybridized carbons (Fsp3) is 0.636. The zero-order valence-corrected chi connectivity index (χ0v) is 19.3. The number of benzene rings is 1. The average Bonchev–Trinajstić information content (AvgIpc) is 2.72. The molecule has 1 heterocycles. The number of nitro benzene ring substituents is 1. The van der Waals surface area contributed by atoms with Gasteiger partial charge in [0.15, 0.2) is 5.96 Å². The molecule has 0 saturated carbocycles. The van der Waals surface area contributed by atoms with Crippen molar-refractivity contribution in [1.29, 1.82) is 0 Å². The van der Waals surface area contributed by atoms with E-state index in [-0.39, 0.29) is 16.7 Å². The van der Waals surface area contributed by atoms with Gasteiger partial charge in [0, 0.05) is 51.9 Å². The number of nitro groups is 1. The number of carbonyl (C=O) groups is 1. The summed E-state index contributed by atoms with van der Waals surface area (Å²) in [4.78, 5) is 31.3. The van der Waals surface area contributed by atoms with Gasteiger partial charge in [-0.05, 0) is 52.0 Å². The number of ether oxygens (including phenoxy) is 1. The third kappa shape index (κ3) is 7.73. The molecule has 0 bridgehead atoms. The predicted octanol–water partition coefficient (Wildman–Crippen LogP) is 3.64. The highest BCUT2D eigenvalue weighted by Crippen LogP contribution is 2.20. The van der Waals surface area contributed by atoms with Gasteiger partial charge in [0.1, 0.15) is 5.60 Å². The zero-order valence-electron chi connectivity index (χ0n) is 19.3. The van der Waals surface area contributed by atoms with E-state index < -0.39 is 5.60 Å². The van der Waals surface area contributed by atoms with Crippen LogP contribution in [0.3, 0.4) is 0 Å². The van der Waals surface area contributed by atoms with Gasteiger partial charge in [-0.2, -0.15) is 0 Å². The molecule has 0 spiro atoms. The van der Waals surface area contributed by atoms with Crippen LogP contribution < -0.4 is 5.32 Å². The Labute approximate surface area is 184 Å². The molecule has 9 nitrogen and oxygen atoms in total. The maximum atomic E-state index is 12.4. The minimum atomic E-state index is -0.495. The molecule has 1 aromatic rings. The summed E-state index contributed by atoms with van der Waals surface area (Å²) < 4.78 is 5.51. The van der Waals surface area contributed by atoms with Crippen molar-refractivity contribution < 1.29 is 14.5 Å². The molecule has 1 aromatic carbocycles. The summed E-state index contributed by atoms with van der Waals surface area (Å²) in [5.41, 5.74) is 0.423. The number of non-ortho nitro benzene ring substituents is 1. The number of carbonyl (C=O) groups excluding carboxylic acids is 1.